The van der Waals surface area contributed by atoms with Crippen LogP contribution in [-0.2, 0) is 10.2 Å². The van der Waals surface area contributed by atoms with Crippen LogP contribution in [0.1, 0.15) is 66.9 Å². The Morgan fingerprint density at radius 2 is 1.84 bits per heavy atom. The van der Waals surface area contributed by atoms with Crippen LogP contribution in [0.25, 0.3) is 0 Å². The van der Waals surface area contributed by atoms with Crippen LogP contribution in [-0.4, -0.2) is 42.6 Å². The highest BCUT2D eigenvalue weighted by Gasteiger charge is 2.46. The predicted molar refractivity (Wildman–Crippen MR) is 121 cm³/mol. The van der Waals surface area contributed by atoms with Crippen LogP contribution in [0.4, 0.5) is 0 Å². The normalized spacial score (nSPS) is 20.5. The first-order valence-electron chi connectivity index (χ1n) is 11.5. The van der Waals surface area contributed by atoms with Crippen molar-refractivity contribution in [2.45, 2.75) is 56.9 Å². The van der Waals surface area contributed by atoms with Gasteiger partial charge in [-0.25, -0.2) is 0 Å². The van der Waals surface area contributed by atoms with Crippen LogP contribution in [0.3, 0.4) is 0 Å². The maximum absolute atomic E-state index is 13.1. The second kappa shape index (κ2) is 8.15. The minimum absolute atomic E-state index is 0.0392. The summed E-state index contributed by atoms with van der Waals surface area (Å²) in [5.74, 6) is 1.72. The largest absolute Gasteiger partial charge is 0.454 e. The fourth-order valence-corrected chi connectivity index (χ4v) is 5.64. The molecule has 2 aliphatic heterocycles. The van der Waals surface area contributed by atoms with Crippen molar-refractivity contribution in [3.8, 4) is 11.5 Å². The quantitative estimate of drug-likeness (QED) is 0.790. The molecule has 0 aromatic heterocycles. The Morgan fingerprint density at radius 1 is 1.09 bits per heavy atom. The minimum atomic E-state index is 0.0392. The number of nitrogens with zero attached hydrogens (tertiary/aromatic N) is 1. The number of piperidine rings is 1. The number of carbonyl (C=O) groups excluding carboxylic acids is 2. The second-order valence-electron chi connectivity index (χ2n) is 9.56. The molecule has 6 heteroatoms. The summed E-state index contributed by atoms with van der Waals surface area (Å²) in [7, 11) is 0. The molecule has 1 saturated heterocycles. The lowest BCUT2D eigenvalue weighted by atomic mass is 9.73. The number of fused-ring (bicyclic) bond motifs is 3. The van der Waals surface area contributed by atoms with E-state index in [9.17, 15) is 9.59 Å². The average Bonchev–Trinajstić information content (AvgIpc) is 3.36. The van der Waals surface area contributed by atoms with Crippen molar-refractivity contribution >= 4 is 11.8 Å². The van der Waals surface area contributed by atoms with Gasteiger partial charge in [0.15, 0.2) is 11.5 Å². The number of hydrogen-bond acceptors (Lipinski definition) is 4. The van der Waals surface area contributed by atoms with Gasteiger partial charge in [-0.15, -0.1) is 0 Å². The molecule has 168 valence electrons. The molecule has 1 N–H and O–H groups in total. The van der Waals surface area contributed by atoms with Gasteiger partial charge in [0.25, 0.3) is 5.91 Å². The van der Waals surface area contributed by atoms with Gasteiger partial charge >= 0.3 is 0 Å². The minimum Gasteiger partial charge on any atom is -0.454 e. The van der Waals surface area contributed by atoms with E-state index in [1.165, 1.54) is 11.1 Å². The molecule has 0 bridgehead atoms. The molecule has 32 heavy (non-hydrogen) atoms. The maximum Gasteiger partial charge on any atom is 0.253 e. The maximum atomic E-state index is 13.1. The zero-order valence-corrected chi connectivity index (χ0v) is 18.7. The molecule has 0 radical (unpaired) electrons. The predicted octanol–water partition coefficient (Wildman–Crippen LogP) is 3.99. The highest BCUT2D eigenvalue weighted by Crippen LogP contribution is 2.52. The Kier molecular flexibility index (Phi) is 5.31. The molecule has 1 atom stereocenters. The fourth-order valence-electron chi connectivity index (χ4n) is 5.64. The summed E-state index contributed by atoms with van der Waals surface area (Å²) in [5.41, 5.74) is 3.37. The standard InChI is InChI=1S/C26H30N2O4/c1-17(2)27-24(29)14-19-15-26(21-6-4-3-5-20(19)21)9-11-28(12-10-26)25(30)18-7-8-22-23(13-18)32-16-31-22/h3-8,13,17,19H,9-12,14-16H2,1-2H3,(H,27,29). The molecule has 0 saturated carbocycles. The van der Waals surface area contributed by atoms with Gasteiger partial charge in [0.1, 0.15) is 0 Å². The topological polar surface area (TPSA) is 67.9 Å². The molecule has 5 rings (SSSR count). The van der Waals surface area contributed by atoms with Crippen LogP contribution in [0.2, 0.25) is 0 Å². The average molecular weight is 435 g/mol. The molecular formula is C26H30N2O4. The van der Waals surface area contributed by atoms with Gasteiger partial charge in [-0.2, -0.15) is 0 Å². The molecule has 2 heterocycles. The third-order valence-electron chi connectivity index (χ3n) is 7.12. The second-order valence-corrected chi connectivity index (χ2v) is 9.56. The number of carbonyl (C=O) groups is 2. The molecule has 1 unspecified atom stereocenters. The summed E-state index contributed by atoms with van der Waals surface area (Å²) in [6.45, 7) is 5.62. The highest BCUT2D eigenvalue weighted by molar-refractivity contribution is 5.95. The molecular weight excluding hydrogens is 404 g/mol. The van der Waals surface area contributed by atoms with Crippen LogP contribution >= 0.6 is 0 Å². The Labute approximate surface area is 188 Å². The number of hydrogen-bond donors (Lipinski definition) is 1. The Bertz CT molecular complexity index is 1040. The smallest absolute Gasteiger partial charge is 0.253 e. The molecule has 2 aromatic carbocycles. The van der Waals surface area contributed by atoms with Gasteiger partial charge in [0.05, 0.1) is 0 Å². The van der Waals surface area contributed by atoms with Gasteiger partial charge in [0, 0.05) is 31.1 Å². The van der Waals surface area contributed by atoms with E-state index in [-0.39, 0.29) is 36.0 Å². The lowest BCUT2D eigenvalue weighted by molar-refractivity contribution is -0.122. The van der Waals surface area contributed by atoms with Gasteiger partial charge < -0.3 is 19.7 Å². The zero-order valence-electron chi connectivity index (χ0n) is 18.7. The summed E-state index contributed by atoms with van der Waals surface area (Å²) in [5, 5.41) is 3.04. The van der Waals surface area contributed by atoms with Gasteiger partial charge in [-0.05, 0) is 73.8 Å². The number of likely N-dealkylation sites (tertiary alicyclic amines) is 1. The fraction of sp³-hybridized carbons (Fsp3) is 0.462. The Morgan fingerprint density at radius 3 is 2.62 bits per heavy atom. The monoisotopic (exact) mass is 434 g/mol. The number of amides is 2. The van der Waals surface area contributed by atoms with Crippen molar-refractivity contribution in [3.05, 3.63) is 59.2 Å². The summed E-state index contributed by atoms with van der Waals surface area (Å²) < 4.78 is 10.8. The summed E-state index contributed by atoms with van der Waals surface area (Å²) >= 11 is 0. The first kappa shape index (κ1) is 20.9. The molecule has 6 nitrogen and oxygen atoms in total. The molecule has 1 fully saturated rings. The van der Waals surface area contributed by atoms with E-state index in [0.29, 0.717) is 36.6 Å². The lowest BCUT2D eigenvalue weighted by Gasteiger charge is -2.40. The van der Waals surface area contributed by atoms with Crippen molar-refractivity contribution in [2.24, 2.45) is 0 Å². The number of benzene rings is 2. The SMILES string of the molecule is CC(C)NC(=O)CC1CC2(CCN(C(=O)c3ccc4c(c3)OCO4)CC2)c2ccccc21. The first-order chi connectivity index (χ1) is 15.4. The summed E-state index contributed by atoms with van der Waals surface area (Å²) in [4.78, 5) is 27.6. The summed E-state index contributed by atoms with van der Waals surface area (Å²) in [6.07, 6.45) is 3.34. The van der Waals surface area contributed by atoms with Crippen molar-refractivity contribution < 1.29 is 19.1 Å². The third-order valence-corrected chi connectivity index (χ3v) is 7.12. The first-order valence-corrected chi connectivity index (χ1v) is 11.5. The van der Waals surface area contributed by atoms with Gasteiger partial charge in [-0.1, -0.05) is 24.3 Å². The molecule has 1 spiro atoms. The third kappa shape index (κ3) is 3.72. The van der Waals surface area contributed by atoms with Crippen LogP contribution in [0.15, 0.2) is 42.5 Å². The van der Waals surface area contributed by atoms with E-state index in [4.69, 9.17) is 9.47 Å². The Hall–Kier alpha value is -3.02. The van der Waals surface area contributed by atoms with E-state index in [1.807, 2.05) is 24.8 Å². The van der Waals surface area contributed by atoms with E-state index < -0.39 is 0 Å². The van der Waals surface area contributed by atoms with E-state index in [1.54, 1.807) is 12.1 Å². The van der Waals surface area contributed by atoms with Gasteiger partial charge in [-0.3, -0.25) is 9.59 Å². The van der Waals surface area contributed by atoms with E-state index in [0.717, 1.165) is 19.3 Å². The highest BCUT2D eigenvalue weighted by atomic mass is 16.7. The van der Waals surface area contributed by atoms with E-state index in [2.05, 4.69) is 29.6 Å². The van der Waals surface area contributed by atoms with Gasteiger partial charge in [0.2, 0.25) is 12.7 Å². The van der Waals surface area contributed by atoms with Crippen molar-refractivity contribution in [1.29, 1.82) is 0 Å². The van der Waals surface area contributed by atoms with Crippen molar-refractivity contribution in [1.82, 2.24) is 10.2 Å². The molecule has 2 amide bonds. The number of nitrogens with one attached hydrogen (secondary N) is 1. The lowest BCUT2D eigenvalue weighted by Crippen LogP contribution is -2.44. The van der Waals surface area contributed by atoms with Crippen LogP contribution < -0.4 is 14.8 Å². The molecule has 3 aliphatic rings. The van der Waals surface area contributed by atoms with E-state index >= 15 is 0 Å². The van der Waals surface area contributed by atoms with Crippen LogP contribution in [0.5, 0.6) is 11.5 Å². The van der Waals surface area contributed by atoms with Crippen molar-refractivity contribution in [2.75, 3.05) is 19.9 Å². The molecule has 1 aliphatic carbocycles. The summed E-state index contributed by atoms with van der Waals surface area (Å²) in [6, 6.07) is 14.1. The number of ether oxygens (including phenoxy) is 2. The Balaban J connectivity index is 1.30. The molecule has 2 aromatic rings. The zero-order chi connectivity index (χ0) is 22.3. The van der Waals surface area contributed by atoms with Crippen molar-refractivity contribution in [3.63, 3.8) is 0 Å². The number of rotatable bonds is 4. The van der Waals surface area contributed by atoms with Crippen LogP contribution in [0, 0.1) is 0 Å².